The van der Waals surface area contributed by atoms with Gasteiger partial charge in [-0.25, -0.2) is 0 Å². The second-order valence-electron chi connectivity index (χ2n) is 6.01. The number of hydrogen-bond donors (Lipinski definition) is 1. The Kier molecular flexibility index (Phi) is 4.10. The number of piperazine rings is 1. The highest BCUT2D eigenvalue weighted by molar-refractivity contribution is 7.09. The average molecular weight is 293 g/mol. The molecule has 0 unspecified atom stereocenters. The molecule has 2 aliphatic rings. The SMILES string of the molecule is NC1(C(=O)N2CCN(Cc3cccs3)CC2)CCCC1. The second-order valence-corrected chi connectivity index (χ2v) is 7.04. The van der Waals surface area contributed by atoms with E-state index in [1.807, 2.05) is 4.90 Å². The minimum Gasteiger partial charge on any atom is -0.339 e. The smallest absolute Gasteiger partial charge is 0.242 e. The van der Waals surface area contributed by atoms with Crippen LogP contribution < -0.4 is 5.73 Å². The zero-order chi connectivity index (χ0) is 14.0. The summed E-state index contributed by atoms with van der Waals surface area (Å²) in [7, 11) is 0. The van der Waals surface area contributed by atoms with E-state index in [2.05, 4.69) is 22.4 Å². The molecule has 20 heavy (non-hydrogen) atoms. The summed E-state index contributed by atoms with van der Waals surface area (Å²) < 4.78 is 0. The molecule has 0 aromatic carbocycles. The minimum absolute atomic E-state index is 0.186. The standard InChI is InChI=1S/C15H23N3OS/c16-15(5-1-2-6-15)14(19)18-9-7-17(8-10-18)12-13-4-3-11-20-13/h3-4,11H,1-2,5-10,12,16H2. The van der Waals surface area contributed by atoms with Crippen molar-refractivity contribution in [1.82, 2.24) is 9.80 Å². The van der Waals surface area contributed by atoms with Crippen LogP contribution in [-0.4, -0.2) is 47.4 Å². The Morgan fingerprint density at radius 2 is 1.95 bits per heavy atom. The average Bonchev–Trinajstić information content (AvgIpc) is 3.11. The van der Waals surface area contributed by atoms with Gasteiger partial charge in [-0.05, 0) is 24.3 Å². The van der Waals surface area contributed by atoms with Crippen molar-refractivity contribution in [2.45, 2.75) is 37.8 Å². The molecule has 5 heteroatoms. The Morgan fingerprint density at radius 3 is 2.55 bits per heavy atom. The predicted molar refractivity (Wildman–Crippen MR) is 81.6 cm³/mol. The maximum atomic E-state index is 12.5. The van der Waals surface area contributed by atoms with Crippen LogP contribution in [0, 0.1) is 0 Å². The molecule has 1 aliphatic carbocycles. The monoisotopic (exact) mass is 293 g/mol. The molecule has 0 radical (unpaired) electrons. The lowest BCUT2D eigenvalue weighted by atomic mass is 9.97. The molecule has 0 atom stereocenters. The number of amides is 1. The van der Waals surface area contributed by atoms with Crippen molar-refractivity contribution < 1.29 is 4.79 Å². The van der Waals surface area contributed by atoms with E-state index in [0.717, 1.165) is 58.4 Å². The third kappa shape index (κ3) is 2.90. The summed E-state index contributed by atoms with van der Waals surface area (Å²) in [6, 6.07) is 4.27. The van der Waals surface area contributed by atoms with E-state index >= 15 is 0 Å². The molecule has 4 nitrogen and oxygen atoms in total. The molecule has 0 bridgehead atoms. The van der Waals surface area contributed by atoms with Crippen LogP contribution in [0.25, 0.3) is 0 Å². The van der Waals surface area contributed by atoms with Gasteiger partial charge in [0.25, 0.3) is 0 Å². The molecule has 1 saturated heterocycles. The Hall–Kier alpha value is -0.910. The largest absolute Gasteiger partial charge is 0.339 e. The summed E-state index contributed by atoms with van der Waals surface area (Å²) in [5.74, 6) is 0.186. The Bertz CT molecular complexity index is 446. The summed E-state index contributed by atoms with van der Waals surface area (Å²) in [5.41, 5.74) is 5.72. The highest BCUT2D eigenvalue weighted by atomic mass is 32.1. The maximum absolute atomic E-state index is 12.5. The van der Waals surface area contributed by atoms with Crippen LogP contribution >= 0.6 is 11.3 Å². The summed E-state index contributed by atoms with van der Waals surface area (Å²) in [6.07, 6.45) is 3.92. The molecule has 1 aliphatic heterocycles. The zero-order valence-electron chi connectivity index (χ0n) is 11.9. The Morgan fingerprint density at radius 1 is 1.25 bits per heavy atom. The first-order valence-electron chi connectivity index (χ1n) is 7.50. The van der Waals surface area contributed by atoms with Crippen molar-refractivity contribution >= 4 is 17.2 Å². The predicted octanol–water partition coefficient (Wildman–Crippen LogP) is 1.66. The van der Waals surface area contributed by atoms with Gasteiger partial charge in [0, 0.05) is 37.6 Å². The third-order valence-electron chi connectivity index (χ3n) is 4.54. The molecule has 1 aromatic rings. The Labute approximate surface area is 124 Å². The highest BCUT2D eigenvalue weighted by Gasteiger charge is 2.40. The fourth-order valence-electron chi connectivity index (χ4n) is 3.27. The van der Waals surface area contributed by atoms with E-state index in [9.17, 15) is 4.79 Å². The first-order valence-corrected chi connectivity index (χ1v) is 8.38. The lowest BCUT2D eigenvalue weighted by Crippen LogP contribution is -2.58. The molecule has 1 aromatic heterocycles. The highest BCUT2D eigenvalue weighted by Crippen LogP contribution is 2.29. The normalized spacial score (nSPS) is 23.1. The van der Waals surface area contributed by atoms with Gasteiger partial charge in [-0.15, -0.1) is 11.3 Å². The molecular formula is C15H23N3OS. The molecule has 2 N–H and O–H groups in total. The Balaban J connectivity index is 1.52. The summed E-state index contributed by atoms with van der Waals surface area (Å²) in [5, 5.41) is 2.12. The van der Waals surface area contributed by atoms with Crippen LogP contribution in [0.4, 0.5) is 0 Å². The first-order chi connectivity index (χ1) is 9.67. The van der Waals surface area contributed by atoms with Gasteiger partial charge in [0.15, 0.2) is 0 Å². The molecule has 110 valence electrons. The van der Waals surface area contributed by atoms with Crippen molar-refractivity contribution in [1.29, 1.82) is 0 Å². The molecular weight excluding hydrogens is 270 g/mol. The van der Waals surface area contributed by atoms with Crippen LogP contribution in [0.2, 0.25) is 0 Å². The first kappa shape index (κ1) is 14.0. The lowest BCUT2D eigenvalue weighted by molar-refractivity contribution is -0.138. The zero-order valence-corrected chi connectivity index (χ0v) is 12.7. The van der Waals surface area contributed by atoms with E-state index in [-0.39, 0.29) is 5.91 Å². The van der Waals surface area contributed by atoms with Gasteiger partial charge in [-0.2, -0.15) is 0 Å². The number of rotatable bonds is 3. The number of nitrogens with zero attached hydrogens (tertiary/aromatic N) is 2. The van der Waals surface area contributed by atoms with Crippen LogP contribution in [0.1, 0.15) is 30.6 Å². The third-order valence-corrected chi connectivity index (χ3v) is 5.40. The van der Waals surface area contributed by atoms with Crippen LogP contribution in [0.5, 0.6) is 0 Å². The van der Waals surface area contributed by atoms with Gasteiger partial charge in [0.2, 0.25) is 5.91 Å². The van der Waals surface area contributed by atoms with Crippen molar-refractivity contribution in [3.63, 3.8) is 0 Å². The number of carbonyl (C=O) groups excluding carboxylic acids is 1. The van der Waals surface area contributed by atoms with Crippen LogP contribution in [0.3, 0.4) is 0 Å². The summed E-state index contributed by atoms with van der Waals surface area (Å²) in [4.78, 5) is 18.3. The van der Waals surface area contributed by atoms with Gasteiger partial charge >= 0.3 is 0 Å². The number of carbonyl (C=O) groups is 1. The van der Waals surface area contributed by atoms with Gasteiger partial charge in [0.1, 0.15) is 0 Å². The van der Waals surface area contributed by atoms with E-state index in [4.69, 9.17) is 5.73 Å². The van der Waals surface area contributed by atoms with E-state index in [1.165, 1.54) is 4.88 Å². The number of hydrogen-bond acceptors (Lipinski definition) is 4. The van der Waals surface area contributed by atoms with E-state index in [0.29, 0.717) is 0 Å². The lowest BCUT2D eigenvalue weighted by Gasteiger charge is -2.38. The molecule has 1 saturated carbocycles. The second kappa shape index (κ2) is 5.84. The molecule has 3 rings (SSSR count). The van der Waals surface area contributed by atoms with Crippen molar-refractivity contribution in [3.05, 3.63) is 22.4 Å². The quantitative estimate of drug-likeness (QED) is 0.922. The topological polar surface area (TPSA) is 49.6 Å². The number of nitrogens with two attached hydrogens (primary N) is 1. The van der Waals surface area contributed by atoms with Crippen LogP contribution in [-0.2, 0) is 11.3 Å². The number of thiophene rings is 1. The summed E-state index contributed by atoms with van der Waals surface area (Å²) in [6.45, 7) is 4.57. The van der Waals surface area contributed by atoms with Crippen molar-refractivity contribution in [3.8, 4) is 0 Å². The van der Waals surface area contributed by atoms with Gasteiger partial charge in [-0.3, -0.25) is 9.69 Å². The van der Waals surface area contributed by atoms with Gasteiger partial charge in [0.05, 0.1) is 5.54 Å². The van der Waals surface area contributed by atoms with E-state index in [1.54, 1.807) is 11.3 Å². The van der Waals surface area contributed by atoms with Crippen LogP contribution in [0.15, 0.2) is 17.5 Å². The molecule has 1 amide bonds. The summed E-state index contributed by atoms with van der Waals surface area (Å²) >= 11 is 1.80. The minimum atomic E-state index is -0.560. The molecule has 2 fully saturated rings. The van der Waals surface area contributed by atoms with Gasteiger partial charge < -0.3 is 10.6 Å². The van der Waals surface area contributed by atoms with E-state index < -0.39 is 5.54 Å². The maximum Gasteiger partial charge on any atom is 0.242 e. The fraction of sp³-hybridized carbons (Fsp3) is 0.667. The fourth-order valence-corrected chi connectivity index (χ4v) is 4.01. The molecule has 0 spiro atoms. The molecule has 2 heterocycles. The van der Waals surface area contributed by atoms with Gasteiger partial charge in [-0.1, -0.05) is 18.9 Å². The van der Waals surface area contributed by atoms with Crippen molar-refractivity contribution in [2.75, 3.05) is 26.2 Å². The van der Waals surface area contributed by atoms with Crippen molar-refractivity contribution in [2.24, 2.45) is 5.73 Å².